The maximum Gasteiger partial charge on any atom is 0.0526 e. The maximum atomic E-state index is 9.51. The number of hydrogen-bond donors (Lipinski definition) is 1. The van der Waals surface area contributed by atoms with E-state index in [9.17, 15) is 5.11 Å². The van der Waals surface area contributed by atoms with Gasteiger partial charge in [0.15, 0.2) is 0 Å². The smallest absolute Gasteiger partial charge is 0.0526 e. The second kappa shape index (κ2) is 5.50. The van der Waals surface area contributed by atoms with Crippen molar-refractivity contribution in [3.63, 3.8) is 0 Å². The largest absolute Gasteiger partial charge is 0.393 e. The molecule has 3 unspecified atom stereocenters. The Kier molecular flexibility index (Phi) is 4.26. The Morgan fingerprint density at radius 1 is 1.12 bits per heavy atom. The Labute approximate surface area is 100 Å². The highest BCUT2D eigenvalue weighted by molar-refractivity contribution is 4.90. The SMILES string of the molecule is CC(O)CC(C)N1CCCC1C1CCCC1. The molecule has 0 aromatic carbocycles. The minimum Gasteiger partial charge on any atom is -0.393 e. The van der Waals surface area contributed by atoms with E-state index in [4.69, 9.17) is 0 Å². The fourth-order valence-corrected chi connectivity index (χ4v) is 3.84. The molecule has 1 saturated carbocycles. The average Bonchev–Trinajstić information content (AvgIpc) is 2.87. The van der Waals surface area contributed by atoms with Crippen LogP contribution in [0.15, 0.2) is 0 Å². The molecule has 0 radical (unpaired) electrons. The predicted octanol–water partition coefficient (Wildman–Crippen LogP) is 2.80. The molecule has 0 bridgehead atoms. The van der Waals surface area contributed by atoms with Gasteiger partial charge in [0.1, 0.15) is 0 Å². The average molecular weight is 225 g/mol. The van der Waals surface area contributed by atoms with Crippen molar-refractivity contribution in [2.75, 3.05) is 6.54 Å². The van der Waals surface area contributed by atoms with Gasteiger partial charge < -0.3 is 5.11 Å². The zero-order valence-electron chi connectivity index (χ0n) is 10.9. The molecule has 1 aliphatic carbocycles. The molecular formula is C14H27NO. The van der Waals surface area contributed by atoms with E-state index in [1.807, 2.05) is 6.92 Å². The van der Waals surface area contributed by atoms with Crippen LogP contribution in [0.4, 0.5) is 0 Å². The van der Waals surface area contributed by atoms with Gasteiger partial charge in [0.25, 0.3) is 0 Å². The van der Waals surface area contributed by atoms with Crippen molar-refractivity contribution in [3.05, 3.63) is 0 Å². The molecule has 0 amide bonds. The molecule has 1 heterocycles. The van der Waals surface area contributed by atoms with Crippen LogP contribution in [0.5, 0.6) is 0 Å². The third kappa shape index (κ3) is 2.78. The zero-order valence-corrected chi connectivity index (χ0v) is 10.9. The molecule has 94 valence electrons. The molecular weight excluding hydrogens is 198 g/mol. The molecule has 1 N–H and O–H groups in total. The van der Waals surface area contributed by atoms with Crippen LogP contribution in [0.2, 0.25) is 0 Å². The van der Waals surface area contributed by atoms with Gasteiger partial charge in [-0.2, -0.15) is 0 Å². The molecule has 2 nitrogen and oxygen atoms in total. The standard InChI is InChI=1S/C14H27NO/c1-11(10-12(2)16)15-9-5-8-14(15)13-6-3-4-7-13/h11-14,16H,3-10H2,1-2H3. The normalized spacial score (nSPS) is 32.1. The van der Waals surface area contributed by atoms with Crippen LogP contribution in [0.3, 0.4) is 0 Å². The first-order chi connectivity index (χ1) is 7.68. The number of likely N-dealkylation sites (tertiary alicyclic amines) is 1. The van der Waals surface area contributed by atoms with Crippen LogP contribution < -0.4 is 0 Å². The predicted molar refractivity (Wildman–Crippen MR) is 67.4 cm³/mol. The first kappa shape index (κ1) is 12.4. The van der Waals surface area contributed by atoms with Crippen molar-refractivity contribution >= 4 is 0 Å². The lowest BCUT2D eigenvalue weighted by Gasteiger charge is -2.34. The highest BCUT2D eigenvalue weighted by Crippen LogP contribution is 2.36. The van der Waals surface area contributed by atoms with Crippen LogP contribution >= 0.6 is 0 Å². The van der Waals surface area contributed by atoms with Crippen LogP contribution in [0.1, 0.15) is 58.8 Å². The second-order valence-corrected chi connectivity index (χ2v) is 5.93. The van der Waals surface area contributed by atoms with Gasteiger partial charge in [-0.1, -0.05) is 12.8 Å². The molecule has 2 rings (SSSR count). The van der Waals surface area contributed by atoms with Gasteiger partial charge in [0.2, 0.25) is 0 Å². The summed E-state index contributed by atoms with van der Waals surface area (Å²) in [6.45, 7) is 5.46. The van der Waals surface area contributed by atoms with E-state index >= 15 is 0 Å². The molecule has 1 aliphatic heterocycles. The summed E-state index contributed by atoms with van der Waals surface area (Å²) in [5.41, 5.74) is 0. The summed E-state index contributed by atoms with van der Waals surface area (Å²) >= 11 is 0. The third-order valence-electron chi connectivity index (χ3n) is 4.53. The summed E-state index contributed by atoms with van der Waals surface area (Å²) in [6.07, 6.45) is 9.33. The van der Waals surface area contributed by atoms with E-state index in [1.54, 1.807) is 0 Å². The van der Waals surface area contributed by atoms with Crippen molar-refractivity contribution in [2.24, 2.45) is 5.92 Å². The van der Waals surface area contributed by atoms with E-state index in [0.29, 0.717) is 6.04 Å². The molecule has 0 spiro atoms. The lowest BCUT2D eigenvalue weighted by atomic mass is 9.94. The summed E-state index contributed by atoms with van der Waals surface area (Å²) in [6, 6.07) is 1.39. The lowest BCUT2D eigenvalue weighted by Crippen LogP contribution is -2.42. The van der Waals surface area contributed by atoms with Gasteiger partial charge in [-0.3, -0.25) is 4.90 Å². The summed E-state index contributed by atoms with van der Waals surface area (Å²) < 4.78 is 0. The van der Waals surface area contributed by atoms with Gasteiger partial charge in [-0.05, 0) is 58.4 Å². The number of aliphatic hydroxyl groups excluding tert-OH is 1. The Morgan fingerprint density at radius 2 is 1.81 bits per heavy atom. The molecule has 0 aromatic heterocycles. The monoisotopic (exact) mass is 225 g/mol. The van der Waals surface area contributed by atoms with E-state index in [1.165, 1.54) is 45.1 Å². The topological polar surface area (TPSA) is 23.5 Å². The first-order valence-corrected chi connectivity index (χ1v) is 7.12. The van der Waals surface area contributed by atoms with Gasteiger partial charge in [-0.15, -0.1) is 0 Å². The molecule has 3 atom stereocenters. The number of nitrogens with zero attached hydrogens (tertiary/aromatic N) is 1. The quantitative estimate of drug-likeness (QED) is 0.795. The number of aliphatic hydroxyl groups is 1. The second-order valence-electron chi connectivity index (χ2n) is 5.93. The van der Waals surface area contributed by atoms with Crippen LogP contribution in [-0.2, 0) is 0 Å². The van der Waals surface area contributed by atoms with Crippen molar-refractivity contribution in [1.82, 2.24) is 4.90 Å². The number of rotatable bonds is 4. The maximum absolute atomic E-state index is 9.51. The molecule has 2 aliphatic rings. The minimum absolute atomic E-state index is 0.153. The minimum atomic E-state index is -0.153. The van der Waals surface area contributed by atoms with E-state index in [-0.39, 0.29) is 6.10 Å². The van der Waals surface area contributed by atoms with E-state index < -0.39 is 0 Å². The lowest BCUT2D eigenvalue weighted by molar-refractivity contribution is 0.0927. The van der Waals surface area contributed by atoms with Crippen molar-refractivity contribution < 1.29 is 5.11 Å². The number of hydrogen-bond acceptors (Lipinski definition) is 2. The Balaban J connectivity index is 1.91. The van der Waals surface area contributed by atoms with Gasteiger partial charge in [0, 0.05) is 12.1 Å². The first-order valence-electron chi connectivity index (χ1n) is 7.12. The molecule has 1 saturated heterocycles. The summed E-state index contributed by atoms with van der Waals surface area (Å²) in [5.74, 6) is 0.957. The van der Waals surface area contributed by atoms with E-state index in [2.05, 4.69) is 11.8 Å². The highest BCUT2D eigenvalue weighted by atomic mass is 16.3. The summed E-state index contributed by atoms with van der Waals surface area (Å²) in [7, 11) is 0. The summed E-state index contributed by atoms with van der Waals surface area (Å²) in [5, 5.41) is 9.51. The van der Waals surface area contributed by atoms with E-state index in [0.717, 1.165) is 18.4 Å². The molecule has 0 aromatic rings. The molecule has 16 heavy (non-hydrogen) atoms. The fraction of sp³-hybridized carbons (Fsp3) is 1.00. The molecule has 2 fully saturated rings. The highest BCUT2D eigenvalue weighted by Gasteiger charge is 2.35. The zero-order chi connectivity index (χ0) is 11.5. The van der Waals surface area contributed by atoms with Gasteiger partial charge >= 0.3 is 0 Å². The van der Waals surface area contributed by atoms with Gasteiger partial charge in [-0.25, -0.2) is 0 Å². The van der Waals surface area contributed by atoms with Crippen molar-refractivity contribution in [3.8, 4) is 0 Å². The van der Waals surface area contributed by atoms with Crippen molar-refractivity contribution in [2.45, 2.75) is 77.0 Å². The van der Waals surface area contributed by atoms with Crippen LogP contribution in [0.25, 0.3) is 0 Å². The van der Waals surface area contributed by atoms with Crippen molar-refractivity contribution in [1.29, 1.82) is 0 Å². The summed E-state index contributed by atoms with van der Waals surface area (Å²) in [4.78, 5) is 2.68. The van der Waals surface area contributed by atoms with Crippen LogP contribution in [0, 0.1) is 5.92 Å². The third-order valence-corrected chi connectivity index (χ3v) is 4.53. The Hall–Kier alpha value is -0.0800. The van der Waals surface area contributed by atoms with Gasteiger partial charge in [0.05, 0.1) is 6.10 Å². The fourth-order valence-electron chi connectivity index (χ4n) is 3.84. The Bertz CT molecular complexity index is 211. The van der Waals surface area contributed by atoms with Crippen LogP contribution in [-0.4, -0.2) is 34.7 Å². The Morgan fingerprint density at radius 3 is 2.44 bits per heavy atom. The molecule has 2 heteroatoms.